The maximum atomic E-state index is 10.7. The van der Waals surface area contributed by atoms with E-state index in [1.54, 1.807) is 7.11 Å². The predicted molar refractivity (Wildman–Crippen MR) is 124 cm³/mol. The molecule has 2 atom stereocenters. The van der Waals surface area contributed by atoms with Gasteiger partial charge in [0, 0.05) is 23.9 Å². The molecule has 5 rings (SSSR count). The van der Waals surface area contributed by atoms with E-state index in [-0.39, 0.29) is 12.1 Å². The summed E-state index contributed by atoms with van der Waals surface area (Å²) in [7, 11) is 1.63. The topological polar surface area (TPSA) is 95.0 Å². The number of nitrogens with one attached hydrogen (secondary N) is 1. The molecule has 174 valence electrons. The van der Waals surface area contributed by atoms with Gasteiger partial charge >= 0.3 is 0 Å². The summed E-state index contributed by atoms with van der Waals surface area (Å²) in [4.78, 5) is 9.29. The van der Waals surface area contributed by atoms with Crippen LogP contribution in [0, 0.1) is 6.92 Å². The number of fused-ring (bicyclic) bond motifs is 1. The van der Waals surface area contributed by atoms with Crippen molar-refractivity contribution in [3.05, 3.63) is 53.3 Å². The molecule has 3 aromatic rings. The van der Waals surface area contributed by atoms with E-state index in [0.717, 1.165) is 34.3 Å². The average molecular weight is 452 g/mol. The molecule has 2 N–H and O–H groups in total. The van der Waals surface area contributed by atoms with Crippen LogP contribution in [0.4, 0.5) is 5.82 Å². The zero-order valence-corrected chi connectivity index (χ0v) is 19.1. The lowest BCUT2D eigenvalue weighted by Gasteiger charge is -2.37. The molecule has 1 aromatic heterocycles. The number of aromatic nitrogens is 2. The molecule has 8 heteroatoms. The van der Waals surface area contributed by atoms with Crippen LogP contribution in [0.25, 0.3) is 10.9 Å². The Kier molecular flexibility index (Phi) is 5.82. The van der Waals surface area contributed by atoms with Gasteiger partial charge in [-0.25, -0.2) is 9.97 Å². The molecular weight excluding hydrogens is 422 g/mol. The largest absolute Gasteiger partial charge is 0.493 e. The number of aliphatic hydroxyl groups is 1. The Hall–Kier alpha value is -2.94. The van der Waals surface area contributed by atoms with Gasteiger partial charge in [0.25, 0.3) is 0 Å². The summed E-state index contributed by atoms with van der Waals surface area (Å²) in [6, 6.07) is 11.7. The molecule has 2 aromatic carbocycles. The maximum Gasteiger partial charge on any atom is 0.162 e. The Bertz CT molecular complexity index is 1160. The van der Waals surface area contributed by atoms with Gasteiger partial charge in [-0.3, -0.25) is 0 Å². The number of benzene rings is 2. The maximum absolute atomic E-state index is 10.7. The summed E-state index contributed by atoms with van der Waals surface area (Å²) >= 11 is 0. The fourth-order valence-corrected chi connectivity index (χ4v) is 4.25. The number of ether oxygens (including phenoxy) is 4. The first-order valence-corrected chi connectivity index (χ1v) is 11.2. The van der Waals surface area contributed by atoms with E-state index in [2.05, 4.69) is 22.2 Å². The summed E-state index contributed by atoms with van der Waals surface area (Å²) in [5.74, 6) is 2.66. The third kappa shape index (κ3) is 4.34. The van der Waals surface area contributed by atoms with Crippen LogP contribution in [0.2, 0.25) is 0 Å². The first kappa shape index (κ1) is 21.9. The molecule has 3 heterocycles. The molecular formula is C25H29N3O5. The molecule has 2 aliphatic heterocycles. The lowest BCUT2D eigenvalue weighted by molar-refractivity contribution is -0.184. The average Bonchev–Trinajstić information content (AvgIpc) is 3.30. The van der Waals surface area contributed by atoms with E-state index in [9.17, 15) is 5.11 Å². The highest BCUT2D eigenvalue weighted by atomic mass is 16.6. The van der Waals surface area contributed by atoms with Crippen LogP contribution in [-0.2, 0) is 15.1 Å². The Balaban J connectivity index is 1.47. The van der Waals surface area contributed by atoms with Gasteiger partial charge < -0.3 is 29.4 Å². The number of hydrogen-bond acceptors (Lipinski definition) is 8. The van der Waals surface area contributed by atoms with E-state index >= 15 is 0 Å². The van der Waals surface area contributed by atoms with Crippen molar-refractivity contribution in [3.63, 3.8) is 0 Å². The SMILES string of the molecule is COc1cc2nc(C)nc(N[C@H](C)c3cccc(C4(O)COC4)c3)c2cc1O[C@H]1CCOC1. The zero-order chi connectivity index (χ0) is 23.0. The second-order valence-corrected chi connectivity index (χ2v) is 8.76. The Morgan fingerprint density at radius 2 is 2.00 bits per heavy atom. The summed E-state index contributed by atoms with van der Waals surface area (Å²) in [6.07, 6.45) is 0.851. The molecule has 0 aliphatic carbocycles. The third-order valence-corrected chi connectivity index (χ3v) is 6.23. The minimum atomic E-state index is -0.902. The lowest BCUT2D eigenvalue weighted by atomic mass is 9.90. The summed E-state index contributed by atoms with van der Waals surface area (Å²) in [6.45, 7) is 5.86. The van der Waals surface area contributed by atoms with Gasteiger partial charge in [0.2, 0.25) is 0 Å². The van der Waals surface area contributed by atoms with Crippen molar-refractivity contribution in [1.29, 1.82) is 0 Å². The monoisotopic (exact) mass is 451 g/mol. The summed E-state index contributed by atoms with van der Waals surface area (Å²) in [5, 5.41) is 15.0. The molecule has 0 bridgehead atoms. The Morgan fingerprint density at radius 3 is 2.70 bits per heavy atom. The number of methoxy groups -OCH3 is 1. The number of anilines is 1. The number of nitrogens with zero attached hydrogens (tertiary/aromatic N) is 2. The van der Waals surface area contributed by atoms with Crippen LogP contribution in [-0.4, -0.2) is 54.7 Å². The van der Waals surface area contributed by atoms with E-state index in [4.69, 9.17) is 18.9 Å². The van der Waals surface area contributed by atoms with Crippen molar-refractivity contribution >= 4 is 16.7 Å². The van der Waals surface area contributed by atoms with Crippen molar-refractivity contribution in [2.45, 2.75) is 38.0 Å². The number of hydrogen-bond donors (Lipinski definition) is 2. The number of aryl methyl sites for hydroxylation is 1. The van der Waals surface area contributed by atoms with Crippen LogP contribution >= 0.6 is 0 Å². The van der Waals surface area contributed by atoms with Crippen molar-refractivity contribution < 1.29 is 24.1 Å². The fourth-order valence-electron chi connectivity index (χ4n) is 4.25. The molecule has 33 heavy (non-hydrogen) atoms. The highest BCUT2D eigenvalue weighted by Crippen LogP contribution is 2.37. The van der Waals surface area contributed by atoms with E-state index < -0.39 is 5.60 Å². The highest BCUT2D eigenvalue weighted by Gasteiger charge is 2.38. The molecule has 0 unspecified atom stereocenters. The standard InChI is InChI=1S/C25H29N3O5/c1-15(17-5-4-6-18(9-17)25(29)13-32-14-25)26-24-20-10-23(33-19-7-8-31-12-19)22(30-3)11-21(20)27-16(2)28-24/h4-6,9-11,15,19,29H,7-8,12-14H2,1-3H3,(H,26,27,28)/t15-,19+/m1/s1. The molecule has 2 saturated heterocycles. The molecule has 0 saturated carbocycles. The van der Waals surface area contributed by atoms with Crippen LogP contribution in [0.3, 0.4) is 0 Å². The normalized spacial score (nSPS) is 20.3. The quantitative estimate of drug-likeness (QED) is 0.564. The second kappa shape index (κ2) is 8.78. The van der Waals surface area contributed by atoms with Gasteiger partial charge in [0.1, 0.15) is 23.3 Å². The fraction of sp³-hybridized carbons (Fsp3) is 0.440. The number of rotatable bonds is 7. The molecule has 0 amide bonds. The van der Waals surface area contributed by atoms with Gasteiger partial charge in [-0.05, 0) is 31.0 Å². The van der Waals surface area contributed by atoms with Crippen LogP contribution < -0.4 is 14.8 Å². The van der Waals surface area contributed by atoms with Gasteiger partial charge in [0.15, 0.2) is 11.5 Å². The lowest BCUT2D eigenvalue weighted by Crippen LogP contribution is -2.46. The molecule has 8 nitrogen and oxygen atoms in total. The summed E-state index contributed by atoms with van der Waals surface area (Å²) in [5.41, 5.74) is 1.78. The van der Waals surface area contributed by atoms with E-state index in [1.165, 1.54) is 0 Å². The Labute approximate surface area is 192 Å². The zero-order valence-electron chi connectivity index (χ0n) is 19.1. The van der Waals surface area contributed by atoms with Crippen LogP contribution in [0.5, 0.6) is 11.5 Å². The smallest absolute Gasteiger partial charge is 0.162 e. The van der Waals surface area contributed by atoms with Crippen molar-refractivity contribution in [2.24, 2.45) is 0 Å². The first-order chi connectivity index (χ1) is 15.9. The summed E-state index contributed by atoms with van der Waals surface area (Å²) < 4.78 is 22.4. The van der Waals surface area contributed by atoms with Gasteiger partial charge in [0.05, 0.1) is 39.1 Å². The van der Waals surface area contributed by atoms with Gasteiger partial charge in [-0.15, -0.1) is 0 Å². The first-order valence-electron chi connectivity index (χ1n) is 11.2. The van der Waals surface area contributed by atoms with Gasteiger partial charge in [-0.1, -0.05) is 24.3 Å². The van der Waals surface area contributed by atoms with E-state index in [1.807, 2.05) is 43.3 Å². The van der Waals surface area contributed by atoms with Crippen LogP contribution in [0.1, 0.15) is 36.3 Å². The van der Waals surface area contributed by atoms with Gasteiger partial charge in [-0.2, -0.15) is 0 Å². The minimum Gasteiger partial charge on any atom is -0.493 e. The van der Waals surface area contributed by atoms with E-state index in [0.29, 0.717) is 43.8 Å². The van der Waals surface area contributed by atoms with Crippen molar-refractivity contribution in [2.75, 3.05) is 38.9 Å². The Morgan fingerprint density at radius 1 is 1.15 bits per heavy atom. The molecule has 0 radical (unpaired) electrons. The molecule has 2 fully saturated rings. The third-order valence-electron chi connectivity index (χ3n) is 6.23. The van der Waals surface area contributed by atoms with Crippen molar-refractivity contribution in [1.82, 2.24) is 9.97 Å². The predicted octanol–water partition coefficient (Wildman–Crippen LogP) is 3.51. The van der Waals surface area contributed by atoms with Crippen molar-refractivity contribution in [3.8, 4) is 11.5 Å². The molecule has 2 aliphatic rings. The molecule has 0 spiro atoms. The second-order valence-electron chi connectivity index (χ2n) is 8.76. The minimum absolute atomic E-state index is 0.00192. The van der Waals surface area contributed by atoms with Crippen LogP contribution in [0.15, 0.2) is 36.4 Å². The highest BCUT2D eigenvalue weighted by molar-refractivity contribution is 5.92.